The lowest BCUT2D eigenvalue weighted by molar-refractivity contribution is 0.102. The Balaban J connectivity index is 1.44. The predicted molar refractivity (Wildman–Crippen MR) is 107 cm³/mol. The molecule has 7 nitrogen and oxygen atoms in total. The van der Waals surface area contributed by atoms with Crippen LogP contribution in [0.5, 0.6) is 11.5 Å². The summed E-state index contributed by atoms with van der Waals surface area (Å²) in [6.07, 6.45) is 0. The van der Waals surface area contributed by atoms with Crippen molar-refractivity contribution in [2.75, 3.05) is 23.8 Å². The van der Waals surface area contributed by atoms with Crippen LogP contribution in [0, 0.1) is 13.8 Å². The minimum absolute atomic E-state index is 0.242. The van der Waals surface area contributed by atoms with Gasteiger partial charge in [-0.3, -0.25) is 4.79 Å². The molecule has 2 aromatic carbocycles. The zero-order chi connectivity index (χ0) is 19.5. The summed E-state index contributed by atoms with van der Waals surface area (Å²) in [5.41, 5.74) is 3.95. The number of aryl methyl sites for hydroxylation is 2. The Morgan fingerprint density at radius 1 is 0.857 bits per heavy atom. The molecular weight excluding hydrogens is 356 g/mol. The van der Waals surface area contributed by atoms with Gasteiger partial charge in [-0.1, -0.05) is 6.07 Å². The highest BCUT2D eigenvalue weighted by Gasteiger charge is 2.13. The number of nitrogens with zero attached hydrogens (tertiary/aromatic N) is 2. The first-order valence-electron chi connectivity index (χ1n) is 8.97. The molecular formula is C21H20N4O3. The second kappa shape index (κ2) is 7.56. The number of carbonyl (C=O) groups excluding carboxylic acids is 1. The lowest BCUT2D eigenvalue weighted by Crippen LogP contribution is -2.15. The third kappa shape index (κ3) is 4.03. The quantitative estimate of drug-likeness (QED) is 0.719. The fraction of sp³-hybridized carbons (Fsp3) is 0.190. The van der Waals surface area contributed by atoms with Crippen LogP contribution >= 0.6 is 0 Å². The normalized spacial score (nSPS) is 12.4. The lowest BCUT2D eigenvalue weighted by atomic mass is 10.1. The topological polar surface area (TPSA) is 85.4 Å². The Kier molecular flexibility index (Phi) is 4.80. The van der Waals surface area contributed by atoms with Crippen molar-refractivity contribution in [3.05, 3.63) is 65.4 Å². The molecule has 1 amide bonds. The van der Waals surface area contributed by atoms with Crippen LogP contribution in [0.4, 0.5) is 17.2 Å². The molecule has 28 heavy (non-hydrogen) atoms. The van der Waals surface area contributed by atoms with Gasteiger partial charge in [0.05, 0.1) is 0 Å². The van der Waals surface area contributed by atoms with Gasteiger partial charge in [-0.15, -0.1) is 10.2 Å². The minimum atomic E-state index is -0.302. The lowest BCUT2D eigenvalue weighted by Gasteiger charge is -2.19. The average molecular weight is 376 g/mol. The number of rotatable bonds is 4. The highest BCUT2D eigenvalue weighted by atomic mass is 16.6. The summed E-state index contributed by atoms with van der Waals surface area (Å²) >= 11 is 0. The van der Waals surface area contributed by atoms with Crippen molar-refractivity contribution in [3.8, 4) is 11.5 Å². The summed E-state index contributed by atoms with van der Waals surface area (Å²) in [4.78, 5) is 12.4. The smallest absolute Gasteiger partial charge is 0.276 e. The van der Waals surface area contributed by atoms with Gasteiger partial charge in [0.1, 0.15) is 13.2 Å². The van der Waals surface area contributed by atoms with Crippen LogP contribution in [0.2, 0.25) is 0 Å². The number of carbonyl (C=O) groups is 1. The van der Waals surface area contributed by atoms with E-state index in [4.69, 9.17) is 9.47 Å². The maximum atomic E-state index is 12.4. The van der Waals surface area contributed by atoms with Crippen molar-refractivity contribution in [1.29, 1.82) is 0 Å². The number of hydrogen-bond donors (Lipinski definition) is 2. The second-order valence-corrected chi connectivity index (χ2v) is 6.62. The molecule has 1 aliphatic heterocycles. The summed E-state index contributed by atoms with van der Waals surface area (Å²) in [5.74, 6) is 1.64. The van der Waals surface area contributed by atoms with Crippen molar-refractivity contribution in [2.45, 2.75) is 13.8 Å². The Hall–Kier alpha value is -3.61. The first-order chi connectivity index (χ1) is 13.6. The Morgan fingerprint density at radius 3 is 2.32 bits per heavy atom. The van der Waals surface area contributed by atoms with Gasteiger partial charge < -0.3 is 20.1 Å². The number of benzene rings is 2. The molecule has 0 aliphatic carbocycles. The van der Waals surface area contributed by atoms with E-state index in [1.807, 2.05) is 50.2 Å². The number of hydrogen-bond acceptors (Lipinski definition) is 6. The molecule has 0 saturated heterocycles. The van der Waals surface area contributed by atoms with E-state index in [2.05, 4.69) is 20.8 Å². The monoisotopic (exact) mass is 376 g/mol. The van der Waals surface area contributed by atoms with E-state index in [1.165, 1.54) is 0 Å². The Bertz CT molecular complexity index is 998. The number of aromatic nitrogens is 2. The van der Waals surface area contributed by atoms with E-state index in [-0.39, 0.29) is 11.6 Å². The van der Waals surface area contributed by atoms with Gasteiger partial charge in [0.15, 0.2) is 23.0 Å². The molecule has 7 heteroatoms. The molecule has 2 heterocycles. The van der Waals surface area contributed by atoms with Gasteiger partial charge >= 0.3 is 0 Å². The molecule has 3 aromatic rings. The van der Waals surface area contributed by atoms with Crippen LogP contribution in [0.1, 0.15) is 21.6 Å². The van der Waals surface area contributed by atoms with Crippen molar-refractivity contribution in [1.82, 2.24) is 10.2 Å². The van der Waals surface area contributed by atoms with Crippen LogP contribution < -0.4 is 20.1 Å². The average Bonchev–Trinajstić information content (AvgIpc) is 2.67. The summed E-state index contributed by atoms with van der Waals surface area (Å²) in [6.45, 7) is 5.05. The molecule has 4 rings (SSSR count). The van der Waals surface area contributed by atoms with Crippen molar-refractivity contribution in [2.24, 2.45) is 0 Å². The summed E-state index contributed by atoms with van der Waals surface area (Å²) in [7, 11) is 0. The first kappa shape index (κ1) is 17.8. The summed E-state index contributed by atoms with van der Waals surface area (Å²) in [5, 5.41) is 14.1. The Labute approximate surface area is 162 Å². The largest absolute Gasteiger partial charge is 0.486 e. The highest BCUT2D eigenvalue weighted by Crippen LogP contribution is 2.33. The van der Waals surface area contributed by atoms with Crippen molar-refractivity contribution < 1.29 is 14.3 Å². The van der Waals surface area contributed by atoms with E-state index < -0.39 is 0 Å². The Morgan fingerprint density at radius 2 is 1.61 bits per heavy atom. The third-order valence-electron chi connectivity index (χ3n) is 4.19. The summed E-state index contributed by atoms with van der Waals surface area (Å²) in [6, 6.07) is 14.8. The number of ether oxygens (including phenoxy) is 2. The molecule has 0 atom stereocenters. The fourth-order valence-corrected chi connectivity index (χ4v) is 3.03. The molecule has 0 radical (unpaired) electrons. The fourth-order valence-electron chi connectivity index (χ4n) is 3.03. The minimum Gasteiger partial charge on any atom is -0.486 e. The van der Waals surface area contributed by atoms with Gasteiger partial charge in [0, 0.05) is 17.4 Å². The molecule has 0 fully saturated rings. The molecule has 0 spiro atoms. The highest BCUT2D eigenvalue weighted by molar-refractivity contribution is 6.02. The predicted octanol–water partition coefficient (Wildman–Crippen LogP) is 3.86. The van der Waals surface area contributed by atoms with E-state index in [9.17, 15) is 4.79 Å². The number of nitrogens with one attached hydrogen (secondary N) is 2. The van der Waals surface area contributed by atoms with E-state index in [1.54, 1.807) is 12.1 Å². The zero-order valence-corrected chi connectivity index (χ0v) is 15.7. The maximum Gasteiger partial charge on any atom is 0.276 e. The molecule has 1 aromatic heterocycles. The zero-order valence-electron chi connectivity index (χ0n) is 15.7. The molecule has 2 N–H and O–H groups in total. The standard InChI is InChI=1S/C21H20N4O3/c1-13-9-14(2)11-16(10-13)23-21(26)17-4-6-20(25-24-17)22-15-3-5-18-19(12-15)28-8-7-27-18/h3-6,9-12H,7-8H2,1-2H3,(H,22,25)(H,23,26). The first-order valence-corrected chi connectivity index (χ1v) is 8.97. The number of amides is 1. The third-order valence-corrected chi connectivity index (χ3v) is 4.19. The molecule has 1 aliphatic rings. The molecule has 142 valence electrons. The maximum absolute atomic E-state index is 12.4. The van der Waals surface area contributed by atoms with Gasteiger partial charge in [-0.2, -0.15) is 0 Å². The summed E-state index contributed by atoms with van der Waals surface area (Å²) < 4.78 is 11.1. The number of anilines is 3. The van der Waals surface area contributed by atoms with Gasteiger partial charge in [0.2, 0.25) is 0 Å². The van der Waals surface area contributed by atoms with Crippen molar-refractivity contribution >= 4 is 23.1 Å². The van der Waals surface area contributed by atoms with Crippen LogP contribution in [0.25, 0.3) is 0 Å². The van der Waals surface area contributed by atoms with Crippen molar-refractivity contribution in [3.63, 3.8) is 0 Å². The van der Waals surface area contributed by atoms with Crippen LogP contribution in [-0.2, 0) is 0 Å². The van der Waals surface area contributed by atoms with E-state index in [0.29, 0.717) is 24.8 Å². The SMILES string of the molecule is Cc1cc(C)cc(NC(=O)c2ccc(Nc3ccc4c(c3)OCCO4)nn2)c1. The molecule has 0 saturated carbocycles. The van der Waals surface area contributed by atoms with Gasteiger partial charge in [0.25, 0.3) is 5.91 Å². The van der Waals surface area contributed by atoms with Crippen LogP contribution in [0.3, 0.4) is 0 Å². The van der Waals surface area contributed by atoms with Crippen LogP contribution in [0.15, 0.2) is 48.5 Å². The van der Waals surface area contributed by atoms with Gasteiger partial charge in [-0.05, 0) is 61.4 Å². The van der Waals surface area contributed by atoms with Crippen LogP contribution in [-0.4, -0.2) is 29.3 Å². The van der Waals surface area contributed by atoms with E-state index in [0.717, 1.165) is 28.3 Å². The second-order valence-electron chi connectivity index (χ2n) is 6.62. The number of fused-ring (bicyclic) bond motifs is 1. The molecule has 0 bridgehead atoms. The van der Waals surface area contributed by atoms with Gasteiger partial charge in [-0.25, -0.2) is 0 Å². The molecule has 0 unspecified atom stereocenters. The van der Waals surface area contributed by atoms with E-state index >= 15 is 0 Å².